The Morgan fingerprint density at radius 2 is 2.12 bits per heavy atom. The quantitative estimate of drug-likeness (QED) is 0.775. The van der Waals surface area contributed by atoms with Gasteiger partial charge in [-0.15, -0.1) is 0 Å². The number of carbonyl (C=O) groups excluding carboxylic acids is 1. The summed E-state index contributed by atoms with van der Waals surface area (Å²) in [5, 5.41) is 1.34. The number of halogens is 1. The molecule has 17 heavy (non-hydrogen) atoms. The molecule has 0 saturated carbocycles. The first-order valence-corrected chi connectivity index (χ1v) is 5.97. The summed E-state index contributed by atoms with van der Waals surface area (Å²) < 4.78 is 0. The maximum Gasteiger partial charge on any atom is 0.255 e. The molecular weight excluding hydrogens is 236 g/mol. The Kier molecular flexibility index (Phi) is 2.48. The van der Waals surface area contributed by atoms with Crippen molar-refractivity contribution in [2.45, 2.75) is 6.42 Å². The fraction of sp³-hybridized carbons (Fsp3) is 0.231. The van der Waals surface area contributed by atoms with Crippen LogP contribution in [0.25, 0.3) is 10.9 Å². The first kappa shape index (κ1) is 10.5. The van der Waals surface area contributed by atoms with E-state index in [9.17, 15) is 4.79 Å². The molecule has 1 aliphatic rings. The van der Waals surface area contributed by atoms with Crippen LogP contribution in [0, 0.1) is 0 Å². The topological polar surface area (TPSA) is 33.2 Å². The molecular formula is C13H11ClN2O. The van der Waals surface area contributed by atoms with Gasteiger partial charge in [0.2, 0.25) is 0 Å². The standard InChI is InChI=1S/C13H11ClN2O/c14-12-9-3-1-6-15-11(9)5-4-10(12)13(17)16-7-2-8-16/h1,3-6H,2,7-8H2. The molecule has 3 rings (SSSR count). The normalized spacial score (nSPS) is 14.8. The number of carbonyl (C=O) groups is 1. The summed E-state index contributed by atoms with van der Waals surface area (Å²) in [7, 11) is 0. The molecule has 0 unspecified atom stereocenters. The van der Waals surface area contributed by atoms with Gasteiger partial charge < -0.3 is 4.90 Å². The molecule has 1 aromatic carbocycles. The van der Waals surface area contributed by atoms with Crippen LogP contribution in [0.15, 0.2) is 30.5 Å². The van der Waals surface area contributed by atoms with Crippen molar-refractivity contribution in [2.75, 3.05) is 13.1 Å². The van der Waals surface area contributed by atoms with E-state index in [-0.39, 0.29) is 5.91 Å². The van der Waals surface area contributed by atoms with Crippen molar-refractivity contribution < 1.29 is 4.79 Å². The number of amides is 1. The lowest BCUT2D eigenvalue weighted by molar-refractivity contribution is 0.0652. The largest absolute Gasteiger partial charge is 0.338 e. The van der Waals surface area contributed by atoms with E-state index in [0.29, 0.717) is 10.6 Å². The minimum absolute atomic E-state index is 0.0204. The molecule has 1 aromatic heterocycles. The van der Waals surface area contributed by atoms with Crippen molar-refractivity contribution in [1.82, 2.24) is 9.88 Å². The van der Waals surface area contributed by atoms with Crippen molar-refractivity contribution >= 4 is 28.4 Å². The van der Waals surface area contributed by atoms with Crippen LogP contribution in [-0.2, 0) is 0 Å². The van der Waals surface area contributed by atoms with Crippen molar-refractivity contribution in [2.24, 2.45) is 0 Å². The highest BCUT2D eigenvalue weighted by atomic mass is 35.5. The number of benzene rings is 1. The maximum absolute atomic E-state index is 12.1. The summed E-state index contributed by atoms with van der Waals surface area (Å²) in [6.07, 6.45) is 2.80. The highest BCUT2D eigenvalue weighted by Gasteiger charge is 2.24. The molecule has 2 aromatic rings. The molecule has 0 N–H and O–H groups in total. The SMILES string of the molecule is O=C(c1ccc2ncccc2c1Cl)N1CCC1. The molecule has 1 saturated heterocycles. The van der Waals surface area contributed by atoms with Crippen molar-refractivity contribution in [3.05, 3.63) is 41.0 Å². The van der Waals surface area contributed by atoms with Gasteiger partial charge >= 0.3 is 0 Å². The average Bonchev–Trinajstić information content (AvgIpc) is 2.27. The number of rotatable bonds is 1. The minimum atomic E-state index is 0.0204. The Bertz CT molecular complexity index is 593. The van der Waals surface area contributed by atoms with E-state index in [1.807, 2.05) is 23.1 Å². The molecule has 0 bridgehead atoms. The first-order chi connectivity index (χ1) is 8.27. The molecule has 1 amide bonds. The number of pyridine rings is 1. The van der Waals surface area contributed by atoms with Crippen LogP contribution in [0.2, 0.25) is 5.02 Å². The lowest BCUT2D eigenvalue weighted by atomic mass is 10.1. The molecule has 3 nitrogen and oxygen atoms in total. The van der Waals surface area contributed by atoms with Gasteiger partial charge in [-0.25, -0.2) is 0 Å². The molecule has 86 valence electrons. The highest BCUT2D eigenvalue weighted by Crippen LogP contribution is 2.27. The van der Waals surface area contributed by atoms with Crippen LogP contribution in [0.4, 0.5) is 0 Å². The molecule has 0 atom stereocenters. The average molecular weight is 247 g/mol. The van der Waals surface area contributed by atoms with Gasteiger partial charge in [-0.3, -0.25) is 9.78 Å². The summed E-state index contributed by atoms with van der Waals surface area (Å²) >= 11 is 6.27. The zero-order valence-electron chi connectivity index (χ0n) is 9.19. The maximum atomic E-state index is 12.1. The van der Waals surface area contributed by atoms with Crippen LogP contribution in [0.3, 0.4) is 0 Å². The van der Waals surface area contributed by atoms with Crippen LogP contribution in [-0.4, -0.2) is 28.9 Å². The third kappa shape index (κ3) is 1.67. The van der Waals surface area contributed by atoms with Gasteiger partial charge in [0.25, 0.3) is 5.91 Å². The summed E-state index contributed by atoms with van der Waals surface area (Å²) in [5.41, 5.74) is 1.39. The van der Waals surface area contributed by atoms with E-state index < -0.39 is 0 Å². The van der Waals surface area contributed by atoms with Crippen LogP contribution in [0.1, 0.15) is 16.8 Å². The Morgan fingerprint density at radius 1 is 1.29 bits per heavy atom. The van der Waals surface area contributed by atoms with Crippen molar-refractivity contribution in [1.29, 1.82) is 0 Å². The third-order valence-electron chi connectivity index (χ3n) is 3.09. The number of fused-ring (bicyclic) bond motifs is 1. The first-order valence-electron chi connectivity index (χ1n) is 5.60. The smallest absolute Gasteiger partial charge is 0.255 e. The van der Waals surface area contributed by atoms with Gasteiger partial charge in [0.05, 0.1) is 16.1 Å². The van der Waals surface area contributed by atoms with Gasteiger partial charge in [0, 0.05) is 24.7 Å². The zero-order valence-corrected chi connectivity index (χ0v) is 9.94. The fourth-order valence-electron chi connectivity index (χ4n) is 1.97. The second-order valence-corrected chi connectivity index (χ2v) is 4.52. The van der Waals surface area contributed by atoms with Gasteiger partial charge in [-0.1, -0.05) is 11.6 Å². The van der Waals surface area contributed by atoms with Crippen molar-refractivity contribution in [3.8, 4) is 0 Å². The molecule has 0 spiro atoms. The minimum Gasteiger partial charge on any atom is -0.338 e. The molecule has 0 radical (unpaired) electrons. The predicted molar refractivity (Wildman–Crippen MR) is 67.3 cm³/mol. The molecule has 1 fully saturated rings. The Morgan fingerprint density at radius 3 is 2.82 bits per heavy atom. The molecule has 2 heterocycles. The number of nitrogens with zero attached hydrogens (tertiary/aromatic N) is 2. The monoisotopic (exact) mass is 246 g/mol. The Labute approximate surface area is 104 Å². The Balaban J connectivity index is 2.10. The second kappa shape index (κ2) is 4.00. The fourth-order valence-corrected chi connectivity index (χ4v) is 2.27. The van der Waals surface area contributed by atoms with E-state index in [2.05, 4.69) is 4.98 Å². The van der Waals surface area contributed by atoms with Gasteiger partial charge in [-0.2, -0.15) is 0 Å². The van der Waals surface area contributed by atoms with Gasteiger partial charge in [-0.05, 0) is 30.7 Å². The summed E-state index contributed by atoms with van der Waals surface area (Å²) in [4.78, 5) is 18.1. The van der Waals surface area contributed by atoms with E-state index >= 15 is 0 Å². The molecule has 0 aliphatic carbocycles. The lowest BCUT2D eigenvalue weighted by Crippen LogP contribution is -2.42. The van der Waals surface area contributed by atoms with Crippen LogP contribution in [0.5, 0.6) is 0 Å². The highest BCUT2D eigenvalue weighted by molar-refractivity contribution is 6.38. The number of aromatic nitrogens is 1. The summed E-state index contributed by atoms with van der Waals surface area (Å²) in [6, 6.07) is 7.32. The second-order valence-electron chi connectivity index (χ2n) is 4.14. The summed E-state index contributed by atoms with van der Waals surface area (Å²) in [5.74, 6) is 0.0204. The number of hydrogen-bond donors (Lipinski definition) is 0. The summed E-state index contributed by atoms with van der Waals surface area (Å²) in [6.45, 7) is 1.67. The Hall–Kier alpha value is -1.61. The number of hydrogen-bond acceptors (Lipinski definition) is 2. The van der Waals surface area contributed by atoms with Crippen molar-refractivity contribution in [3.63, 3.8) is 0 Å². The third-order valence-corrected chi connectivity index (χ3v) is 3.50. The van der Waals surface area contributed by atoms with E-state index in [0.717, 1.165) is 30.4 Å². The lowest BCUT2D eigenvalue weighted by Gasteiger charge is -2.31. The number of likely N-dealkylation sites (tertiary alicyclic amines) is 1. The van der Waals surface area contributed by atoms with E-state index in [4.69, 9.17) is 11.6 Å². The van der Waals surface area contributed by atoms with Gasteiger partial charge in [0.15, 0.2) is 0 Å². The molecule has 4 heteroatoms. The van der Waals surface area contributed by atoms with Gasteiger partial charge in [0.1, 0.15) is 0 Å². The van der Waals surface area contributed by atoms with E-state index in [1.54, 1.807) is 12.3 Å². The molecule has 1 aliphatic heterocycles. The van der Waals surface area contributed by atoms with Crippen LogP contribution >= 0.6 is 11.6 Å². The predicted octanol–water partition coefficient (Wildman–Crippen LogP) is 2.73. The van der Waals surface area contributed by atoms with E-state index in [1.165, 1.54) is 0 Å². The zero-order chi connectivity index (χ0) is 11.8. The van der Waals surface area contributed by atoms with Crippen LogP contribution < -0.4 is 0 Å².